The zero-order valence-corrected chi connectivity index (χ0v) is 23.9. The molecule has 4 nitrogen and oxygen atoms in total. The van der Waals surface area contributed by atoms with Gasteiger partial charge in [-0.1, -0.05) is 119 Å². The SMILES string of the molecule is CCCCNC(=O)[C@@H](Cc1ccccc1)N(Cc1ccccc1Cl)C(=O)CCc1ccc(C(C)(C)C)cc1. The molecule has 1 atom stereocenters. The Morgan fingerprint density at radius 2 is 1.55 bits per heavy atom. The molecule has 0 aliphatic heterocycles. The number of carbonyl (C=O) groups is 2. The number of nitrogens with one attached hydrogen (secondary N) is 1. The predicted octanol–water partition coefficient (Wildman–Crippen LogP) is 7.13. The third kappa shape index (κ3) is 8.73. The van der Waals surface area contributed by atoms with Gasteiger partial charge in [-0.3, -0.25) is 9.59 Å². The van der Waals surface area contributed by atoms with Crippen LogP contribution in [0.1, 0.15) is 69.2 Å². The maximum Gasteiger partial charge on any atom is 0.243 e. The molecule has 3 rings (SSSR count). The first-order chi connectivity index (χ1) is 18.2. The Morgan fingerprint density at radius 3 is 2.18 bits per heavy atom. The van der Waals surface area contributed by atoms with Crippen molar-refractivity contribution in [3.05, 3.63) is 106 Å². The zero-order valence-electron chi connectivity index (χ0n) is 23.2. The van der Waals surface area contributed by atoms with E-state index in [1.54, 1.807) is 4.90 Å². The summed E-state index contributed by atoms with van der Waals surface area (Å²) < 4.78 is 0. The summed E-state index contributed by atoms with van der Waals surface area (Å²) in [5, 5.41) is 3.66. The van der Waals surface area contributed by atoms with Crippen molar-refractivity contribution in [1.29, 1.82) is 0 Å². The quantitative estimate of drug-likeness (QED) is 0.252. The van der Waals surface area contributed by atoms with Gasteiger partial charge < -0.3 is 10.2 Å². The summed E-state index contributed by atoms with van der Waals surface area (Å²) >= 11 is 6.51. The van der Waals surface area contributed by atoms with E-state index < -0.39 is 6.04 Å². The molecule has 0 radical (unpaired) electrons. The van der Waals surface area contributed by atoms with E-state index in [0.29, 0.717) is 30.8 Å². The van der Waals surface area contributed by atoms with Crippen molar-refractivity contribution >= 4 is 23.4 Å². The molecule has 0 aromatic heterocycles. The van der Waals surface area contributed by atoms with Gasteiger partial charge in [-0.25, -0.2) is 0 Å². The molecule has 0 saturated heterocycles. The largest absolute Gasteiger partial charge is 0.354 e. The Kier molecular flexibility index (Phi) is 11.0. The minimum Gasteiger partial charge on any atom is -0.354 e. The van der Waals surface area contributed by atoms with E-state index >= 15 is 0 Å². The van der Waals surface area contributed by atoms with Crippen molar-refractivity contribution in [3.8, 4) is 0 Å². The summed E-state index contributed by atoms with van der Waals surface area (Å²) in [6, 6.07) is 25.3. The van der Waals surface area contributed by atoms with Crippen LogP contribution >= 0.6 is 11.6 Å². The normalized spacial score (nSPS) is 12.1. The molecule has 0 fully saturated rings. The van der Waals surface area contributed by atoms with Crippen LogP contribution in [-0.2, 0) is 34.4 Å². The smallest absolute Gasteiger partial charge is 0.243 e. The molecule has 3 aromatic rings. The van der Waals surface area contributed by atoms with Gasteiger partial charge in [0.15, 0.2) is 0 Å². The monoisotopic (exact) mass is 532 g/mol. The first-order valence-electron chi connectivity index (χ1n) is 13.6. The molecule has 5 heteroatoms. The number of nitrogens with zero attached hydrogens (tertiary/aromatic N) is 1. The van der Waals surface area contributed by atoms with Crippen molar-refractivity contribution in [2.75, 3.05) is 6.54 Å². The summed E-state index contributed by atoms with van der Waals surface area (Å²) in [7, 11) is 0. The van der Waals surface area contributed by atoms with Gasteiger partial charge in [-0.15, -0.1) is 0 Å². The molecule has 1 N–H and O–H groups in total. The number of unbranched alkanes of at least 4 members (excludes halogenated alkanes) is 1. The fourth-order valence-electron chi connectivity index (χ4n) is 4.44. The predicted molar refractivity (Wildman–Crippen MR) is 157 cm³/mol. The fourth-order valence-corrected chi connectivity index (χ4v) is 4.63. The van der Waals surface area contributed by atoms with Gasteiger partial charge in [0.25, 0.3) is 0 Å². The van der Waals surface area contributed by atoms with Crippen molar-refractivity contribution in [1.82, 2.24) is 10.2 Å². The van der Waals surface area contributed by atoms with Gasteiger partial charge in [0.1, 0.15) is 6.04 Å². The van der Waals surface area contributed by atoms with Gasteiger partial charge in [0, 0.05) is 31.0 Å². The molecule has 0 bridgehead atoms. The molecule has 38 heavy (non-hydrogen) atoms. The summed E-state index contributed by atoms with van der Waals surface area (Å²) in [4.78, 5) is 29.1. The van der Waals surface area contributed by atoms with Crippen molar-refractivity contribution in [3.63, 3.8) is 0 Å². The van der Waals surface area contributed by atoms with E-state index in [1.165, 1.54) is 5.56 Å². The second-order valence-electron chi connectivity index (χ2n) is 10.9. The summed E-state index contributed by atoms with van der Waals surface area (Å²) in [5.41, 5.74) is 4.29. The number of carbonyl (C=O) groups excluding carboxylic acids is 2. The zero-order chi connectivity index (χ0) is 27.5. The van der Waals surface area contributed by atoms with Gasteiger partial charge in [-0.05, 0) is 46.6 Å². The third-order valence-corrected chi connectivity index (χ3v) is 7.22. The lowest BCUT2D eigenvalue weighted by molar-refractivity contribution is -0.141. The van der Waals surface area contributed by atoms with E-state index in [9.17, 15) is 9.59 Å². The van der Waals surface area contributed by atoms with Crippen LogP contribution in [0.25, 0.3) is 0 Å². The highest BCUT2D eigenvalue weighted by molar-refractivity contribution is 6.31. The topological polar surface area (TPSA) is 49.4 Å². The van der Waals surface area contributed by atoms with Crippen LogP contribution in [0.5, 0.6) is 0 Å². The first kappa shape index (κ1) is 29.4. The number of halogens is 1. The van der Waals surface area contributed by atoms with Crippen LogP contribution in [0.2, 0.25) is 5.02 Å². The number of hydrogen-bond donors (Lipinski definition) is 1. The molecule has 0 saturated carbocycles. The lowest BCUT2D eigenvalue weighted by Crippen LogP contribution is -2.50. The van der Waals surface area contributed by atoms with E-state index in [1.807, 2.05) is 54.6 Å². The second kappa shape index (κ2) is 14.2. The Morgan fingerprint density at radius 1 is 0.895 bits per heavy atom. The Bertz CT molecular complexity index is 1170. The van der Waals surface area contributed by atoms with Crippen LogP contribution in [0.3, 0.4) is 0 Å². The van der Waals surface area contributed by atoms with Crippen LogP contribution in [0.4, 0.5) is 0 Å². The van der Waals surface area contributed by atoms with Gasteiger partial charge in [0.05, 0.1) is 0 Å². The molecule has 202 valence electrons. The highest BCUT2D eigenvalue weighted by Crippen LogP contribution is 2.24. The average Bonchev–Trinajstić information content (AvgIpc) is 2.90. The van der Waals surface area contributed by atoms with Crippen LogP contribution in [0.15, 0.2) is 78.9 Å². The molecule has 0 heterocycles. The molecule has 0 unspecified atom stereocenters. The number of rotatable bonds is 12. The summed E-state index contributed by atoms with van der Waals surface area (Å²) in [6.45, 7) is 9.54. The number of amides is 2. The molecule has 2 amide bonds. The van der Waals surface area contributed by atoms with E-state index in [-0.39, 0.29) is 23.8 Å². The summed E-state index contributed by atoms with van der Waals surface area (Å²) in [5.74, 6) is -0.186. The van der Waals surface area contributed by atoms with E-state index in [4.69, 9.17) is 11.6 Å². The van der Waals surface area contributed by atoms with Crippen LogP contribution in [0, 0.1) is 0 Å². The van der Waals surface area contributed by atoms with Crippen LogP contribution in [-0.4, -0.2) is 29.3 Å². The molecular weight excluding hydrogens is 492 g/mol. The lowest BCUT2D eigenvalue weighted by atomic mass is 9.86. The van der Waals surface area contributed by atoms with Gasteiger partial charge in [0.2, 0.25) is 11.8 Å². The maximum atomic E-state index is 13.8. The number of benzene rings is 3. The Labute approximate surface area is 233 Å². The van der Waals surface area contributed by atoms with Gasteiger partial charge in [-0.2, -0.15) is 0 Å². The third-order valence-electron chi connectivity index (χ3n) is 6.85. The molecule has 3 aromatic carbocycles. The number of hydrogen-bond acceptors (Lipinski definition) is 2. The van der Waals surface area contributed by atoms with Crippen molar-refractivity contribution < 1.29 is 9.59 Å². The Balaban J connectivity index is 1.87. The molecular formula is C33H41ClN2O2. The Hall–Kier alpha value is -3.11. The van der Waals surface area contributed by atoms with E-state index in [0.717, 1.165) is 29.5 Å². The highest BCUT2D eigenvalue weighted by Gasteiger charge is 2.30. The molecule has 0 aliphatic rings. The molecule has 0 spiro atoms. The van der Waals surface area contributed by atoms with Crippen molar-refractivity contribution in [2.24, 2.45) is 0 Å². The minimum atomic E-state index is -0.638. The van der Waals surface area contributed by atoms with Crippen LogP contribution < -0.4 is 5.32 Å². The minimum absolute atomic E-state index is 0.0589. The average molecular weight is 533 g/mol. The lowest BCUT2D eigenvalue weighted by Gasteiger charge is -2.32. The summed E-state index contributed by atoms with van der Waals surface area (Å²) in [6.07, 6.45) is 3.24. The van der Waals surface area contributed by atoms with E-state index in [2.05, 4.69) is 57.3 Å². The van der Waals surface area contributed by atoms with Crippen molar-refractivity contribution in [2.45, 2.75) is 77.8 Å². The van der Waals surface area contributed by atoms with Gasteiger partial charge >= 0.3 is 0 Å². The molecule has 0 aliphatic carbocycles. The first-order valence-corrected chi connectivity index (χ1v) is 14.0. The fraction of sp³-hybridized carbons (Fsp3) is 0.394. The standard InChI is InChI=1S/C33H41ClN2O2/c1-5-6-22-35-32(38)30(23-26-12-8-7-9-13-26)36(24-27-14-10-11-15-29(27)34)31(37)21-18-25-16-19-28(20-17-25)33(2,3)4/h7-17,19-20,30H,5-6,18,21-24H2,1-4H3,(H,35,38)/t30-/m1/s1. The second-order valence-corrected chi connectivity index (χ2v) is 11.3. The maximum absolute atomic E-state index is 13.8. The number of aryl methyl sites for hydroxylation is 1. The highest BCUT2D eigenvalue weighted by atomic mass is 35.5.